The molecule has 0 heterocycles. The Bertz CT molecular complexity index is 442. The topological polar surface area (TPSA) is 66.5 Å². The lowest BCUT2D eigenvalue weighted by molar-refractivity contribution is 0.173. The fourth-order valence-corrected chi connectivity index (χ4v) is 1.99. The SMILES string of the molecule is Cc1ccc2c(c1)C(O)C(Cl)=C(N)C2O. The summed E-state index contributed by atoms with van der Waals surface area (Å²) < 4.78 is 0. The lowest BCUT2D eigenvalue weighted by Crippen LogP contribution is -2.21. The van der Waals surface area contributed by atoms with Gasteiger partial charge in [-0.25, -0.2) is 0 Å². The molecule has 4 heteroatoms. The highest BCUT2D eigenvalue weighted by molar-refractivity contribution is 6.30. The number of aliphatic hydroxyl groups excluding tert-OH is 2. The number of hydrogen-bond acceptors (Lipinski definition) is 3. The molecule has 0 spiro atoms. The van der Waals surface area contributed by atoms with Gasteiger partial charge in [-0.1, -0.05) is 35.4 Å². The van der Waals surface area contributed by atoms with Crippen LogP contribution in [0.4, 0.5) is 0 Å². The van der Waals surface area contributed by atoms with Gasteiger partial charge in [0.1, 0.15) is 12.2 Å². The lowest BCUT2D eigenvalue weighted by atomic mass is 9.89. The number of aliphatic hydroxyl groups is 2. The van der Waals surface area contributed by atoms with Crippen LogP contribution in [0, 0.1) is 6.92 Å². The fraction of sp³-hybridized carbons (Fsp3) is 0.273. The van der Waals surface area contributed by atoms with Crippen LogP contribution < -0.4 is 5.73 Å². The van der Waals surface area contributed by atoms with Crippen LogP contribution in [0.5, 0.6) is 0 Å². The maximum Gasteiger partial charge on any atom is 0.120 e. The molecule has 0 aliphatic heterocycles. The van der Waals surface area contributed by atoms with Crippen molar-refractivity contribution in [2.75, 3.05) is 0 Å². The second kappa shape index (κ2) is 3.52. The molecule has 0 amide bonds. The zero-order valence-corrected chi connectivity index (χ0v) is 8.99. The number of rotatable bonds is 0. The zero-order valence-electron chi connectivity index (χ0n) is 8.24. The molecule has 1 aromatic rings. The molecule has 0 bridgehead atoms. The Balaban J connectivity index is 2.62. The summed E-state index contributed by atoms with van der Waals surface area (Å²) in [5.41, 5.74) is 7.98. The summed E-state index contributed by atoms with van der Waals surface area (Å²) in [6.45, 7) is 1.91. The molecule has 1 aliphatic carbocycles. The highest BCUT2D eigenvalue weighted by atomic mass is 35.5. The van der Waals surface area contributed by atoms with E-state index in [2.05, 4.69) is 0 Å². The highest BCUT2D eigenvalue weighted by Crippen LogP contribution is 2.40. The summed E-state index contributed by atoms with van der Waals surface area (Å²) in [4.78, 5) is 0. The molecule has 2 atom stereocenters. The molecule has 15 heavy (non-hydrogen) atoms. The van der Waals surface area contributed by atoms with Crippen molar-refractivity contribution in [3.8, 4) is 0 Å². The molecule has 0 fully saturated rings. The molecule has 1 aliphatic rings. The Morgan fingerprint density at radius 1 is 1.20 bits per heavy atom. The summed E-state index contributed by atoms with van der Waals surface area (Å²) in [5.74, 6) is 0. The van der Waals surface area contributed by atoms with E-state index in [1.54, 1.807) is 12.1 Å². The Hall–Kier alpha value is -1.03. The number of aryl methyl sites for hydroxylation is 1. The number of nitrogens with two attached hydrogens (primary N) is 1. The van der Waals surface area contributed by atoms with Gasteiger partial charge in [0.05, 0.1) is 10.7 Å². The van der Waals surface area contributed by atoms with Crippen LogP contribution >= 0.6 is 11.6 Å². The highest BCUT2D eigenvalue weighted by Gasteiger charge is 2.30. The van der Waals surface area contributed by atoms with Gasteiger partial charge in [0, 0.05) is 0 Å². The van der Waals surface area contributed by atoms with Gasteiger partial charge in [-0.15, -0.1) is 0 Å². The van der Waals surface area contributed by atoms with Crippen molar-refractivity contribution >= 4 is 11.6 Å². The molecule has 2 rings (SSSR count). The third-order valence-corrected chi connectivity index (χ3v) is 3.07. The van der Waals surface area contributed by atoms with E-state index in [-0.39, 0.29) is 10.7 Å². The third-order valence-electron chi connectivity index (χ3n) is 2.64. The van der Waals surface area contributed by atoms with Crippen molar-refractivity contribution in [1.29, 1.82) is 0 Å². The van der Waals surface area contributed by atoms with Crippen molar-refractivity contribution in [1.82, 2.24) is 0 Å². The van der Waals surface area contributed by atoms with Crippen LogP contribution in [0.25, 0.3) is 0 Å². The van der Waals surface area contributed by atoms with Crippen molar-refractivity contribution in [2.45, 2.75) is 19.1 Å². The van der Waals surface area contributed by atoms with E-state index in [1.165, 1.54) is 0 Å². The maximum atomic E-state index is 9.86. The van der Waals surface area contributed by atoms with Crippen molar-refractivity contribution in [2.24, 2.45) is 5.73 Å². The average molecular weight is 226 g/mol. The molecule has 2 unspecified atom stereocenters. The first-order valence-corrected chi connectivity index (χ1v) is 5.01. The van der Waals surface area contributed by atoms with Gasteiger partial charge in [-0.2, -0.15) is 0 Å². The van der Waals surface area contributed by atoms with Crippen LogP contribution in [-0.4, -0.2) is 10.2 Å². The maximum absolute atomic E-state index is 9.86. The first kappa shape index (κ1) is 10.5. The average Bonchev–Trinajstić information content (AvgIpc) is 2.23. The minimum Gasteiger partial charge on any atom is -0.399 e. The summed E-state index contributed by atoms with van der Waals surface area (Å²) in [6.07, 6.45) is -1.85. The number of halogens is 1. The van der Waals surface area contributed by atoms with Crippen LogP contribution in [0.2, 0.25) is 0 Å². The van der Waals surface area contributed by atoms with Crippen LogP contribution in [-0.2, 0) is 0 Å². The second-order valence-electron chi connectivity index (χ2n) is 3.74. The molecule has 0 radical (unpaired) electrons. The fourth-order valence-electron chi connectivity index (χ4n) is 1.77. The summed E-state index contributed by atoms with van der Waals surface area (Å²) in [6, 6.07) is 5.42. The molecule has 3 nitrogen and oxygen atoms in total. The molecule has 0 saturated carbocycles. The van der Waals surface area contributed by atoms with E-state index < -0.39 is 12.2 Å². The largest absolute Gasteiger partial charge is 0.399 e. The molecule has 0 saturated heterocycles. The van der Waals surface area contributed by atoms with Gasteiger partial charge < -0.3 is 15.9 Å². The van der Waals surface area contributed by atoms with Crippen molar-refractivity contribution < 1.29 is 10.2 Å². The summed E-state index contributed by atoms with van der Waals surface area (Å²) in [5, 5.41) is 19.8. The van der Waals surface area contributed by atoms with E-state index in [1.807, 2.05) is 13.0 Å². The smallest absolute Gasteiger partial charge is 0.120 e. The Morgan fingerprint density at radius 3 is 2.53 bits per heavy atom. The van der Waals surface area contributed by atoms with E-state index in [4.69, 9.17) is 17.3 Å². The van der Waals surface area contributed by atoms with Crippen molar-refractivity contribution in [3.63, 3.8) is 0 Å². The quantitative estimate of drug-likeness (QED) is 0.627. The van der Waals surface area contributed by atoms with Gasteiger partial charge in [0.25, 0.3) is 0 Å². The predicted octanol–water partition coefficient (Wildman–Crippen LogP) is 1.48. The minimum atomic E-state index is -0.926. The summed E-state index contributed by atoms with van der Waals surface area (Å²) >= 11 is 5.84. The third kappa shape index (κ3) is 1.53. The lowest BCUT2D eigenvalue weighted by Gasteiger charge is -2.26. The van der Waals surface area contributed by atoms with E-state index in [9.17, 15) is 10.2 Å². The number of benzene rings is 1. The van der Waals surface area contributed by atoms with Crippen LogP contribution in [0.15, 0.2) is 28.9 Å². The Morgan fingerprint density at radius 2 is 1.87 bits per heavy atom. The minimum absolute atomic E-state index is 0.112. The molecule has 1 aromatic carbocycles. The first-order chi connectivity index (χ1) is 7.02. The normalized spacial score (nSPS) is 25.3. The first-order valence-electron chi connectivity index (χ1n) is 4.64. The zero-order chi connectivity index (χ0) is 11.2. The summed E-state index contributed by atoms with van der Waals surface area (Å²) in [7, 11) is 0. The van der Waals surface area contributed by atoms with Gasteiger partial charge >= 0.3 is 0 Å². The van der Waals surface area contributed by atoms with Gasteiger partial charge in [0.15, 0.2) is 0 Å². The molecule has 80 valence electrons. The van der Waals surface area contributed by atoms with Crippen LogP contribution in [0.3, 0.4) is 0 Å². The number of hydrogen-bond donors (Lipinski definition) is 3. The number of fused-ring (bicyclic) bond motifs is 1. The molecule has 4 N–H and O–H groups in total. The van der Waals surface area contributed by atoms with Gasteiger partial charge in [-0.05, 0) is 18.1 Å². The van der Waals surface area contributed by atoms with E-state index in [0.29, 0.717) is 11.1 Å². The predicted molar refractivity (Wildman–Crippen MR) is 58.2 cm³/mol. The standard InChI is InChI=1S/C11H12ClNO2/c1-5-2-3-6-7(4-5)10(14)8(12)9(13)11(6)15/h2-4,10-11,14-15H,13H2,1H3. The van der Waals surface area contributed by atoms with Crippen LogP contribution in [0.1, 0.15) is 28.9 Å². The monoisotopic (exact) mass is 225 g/mol. The molecular formula is C11H12ClNO2. The van der Waals surface area contributed by atoms with Gasteiger partial charge in [0.2, 0.25) is 0 Å². The Labute approximate surface area is 92.8 Å². The van der Waals surface area contributed by atoms with E-state index in [0.717, 1.165) is 5.56 Å². The van der Waals surface area contributed by atoms with Crippen molar-refractivity contribution in [3.05, 3.63) is 45.6 Å². The van der Waals surface area contributed by atoms with Gasteiger partial charge in [-0.3, -0.25) is 0 Å². The molecular weight excluding hydrogens is 214 g/mol. The van der Waals surface area contributed by atoms with E-state index >= 15 is 0 Å². The Kier molecular flexibility index (Phi) is 2.46. The second-order valence-corrected chi connectivity index (χ2v) is 4.15. The molecule has 0 aromatic heterocycles.